The Morgan fingerprint density at radius 1 is 0.967 bits per heavy atom. The second-order valence-corrected chi connectivity index (χ2v) is 18.6. The summed E-state index contributed by atoms with van der Waals surface area (Å²) >= 11 is 0. The SMILES string of the molecule is C[C@@H]1Cc2c([nH]c3ccccc23)[C@@H](c2cnc(N3CC4(CCC(N5CCN6c7ccc8c(c7OC[C@H]6C5)CN(C5CCC(=O)NC5=O)C8=O)CC4)C3)nc2)N1CC(F)(F)CO. The molecule has 4 atom stereocenters. The standard InChI is InChI=1S/C45H51F2N9O5/c1-26-16-32-30-4-2-3-5-34(30)50-38(32)39(56(26)24-45(46,47)25-57)27-17-48-43(49-18-27)53-22-44(23-53)12-10-28(11-13-44)52-14-15-54-29(19-52)21-61-40-33-20-55(36-8-9-37(58)51-41(36)59)42(60)31(33)6-7-35(40)54/h2-7,17-18,26,28-29,36,39,50,57H,8-16,19-25H2,1H3,(H,51,58,59)/t26-,29-,36?,39-/m1/s1. The number of hydrogen-bond donors (Lipinski definition) is 3. The molecular formula is C45H51F2N9O5. The number of amides is 3. The van der Waals surface area contributed by atoms with Crippen LogP contribution >= 0.6 is 0 Å². The summed E-state index contributed by atoms with van der Waals surface area (Å²) in [5.74, 6) is -2.74. The minimum absolute atomic E-state index is 0.189. The van der Waals surface area contributed by atoms with Crippen molar-refractivity contribution in [3.05, 3.63) is 76.7 Å². The van der Waals surface area contributed by atoms with Gasteiger partial charge in [-0.2, -0.15) is 0 Å². The van der Waals surface area contributed by atoms with Crippen LogP contribution in [0.1, 0.15) is 84.2 Å². The fourth-order valence-electron chi connectivity index (χ4n) is 11.7. The maximum atomic E-state index is 14.8. The molecule has 8 heterocycles. The van der Waals surface area contributed by atoms with Crippen molar-refractivity contribution in [1.82, 2.24) is 35.0 Å². The molecular weight excluding hydrogens is 785 g/mol. The van der Waals surface area contributed by atoms with Gasteiger partial charge in [-0.3, -0.25) is 29.5 Å². The number of fused-ring (bicyclic) bond motifs is 8. The summed E-state index contributed by atoms with van der Waals surface area (Å²) in [6.45, 7) is 5.56. The van der Waals surface area contributed by atoms with E-state index in [1.54, 1.807) is 22.2 Å². The minimum Gasteiger partial charge on any atom is -0.489 e. The predicted molar refractivity (Wildman–Crippen MR) is 222 cm³/mol. The minimum atomic E-state index is -3.25. The molecule has 3 N–H and O–H groups in total. The molecule has 1 saturated carbocycles. The Labute approximate surface area is 352 Å². The summed E-state index contributed by atoms with van der Waals surface area (Å²) in [6, 6.07) is 11.3. The molecule has 2 aromatic heterocycles. The van der Waals surface area contributed by atoms with Gasteiger partial charge in [-0.25, -0.2) is 18.7 Å². The van der Waals surface area contributed by atoms with E-state index >= 15 is 0 Å². The van der Waals surface area contributed by atoms with Gasteiger partial charge in [-0.05, 0) is 69.2 Å². The van der Waals surface area contributed by atoms with E-state index < -0.39 is 37.1 Å². The molecule has 4 aromatic rings. The van der Waals surface area contributed by atoms with Gasteiger partial charge in [-0.1, -0.05) is 18.2 Å². The fourth-order valence-corrected chi connectivity index (χ4v) is 11.7. The molecule has 7 aliphatic rings. The zero-order valence-electron chi connectivity index (χ0n) is 34.3. The third-order valence-corrected chi connectivity index (χ3v) is 14.9. The number of aromatic amines is 1. The number of halogens is 2. The number of hydrogen-bond acceptors (Lipinski definition) is 11. The number of H-pyrrole nitrogens is 1. The van der Waals surface area contributed by atoms with Crippen molar-refractivity contribution in [2.75, 3.05) is 62.3 Å². The Bertz CT molecular complexity index is 2410. The lowest BCUT2D eigenvalue weighted by Crippen LogP contribution is -2.62. The van der Waals surface area contributed by atoms with E-state index in [1.807, 2.05) is 37.3 Å². The third-order valence-electron chi connectivity index (χ3n) is 14.9. The summed E-state index contributed by atoms with van der Waals surface area (Å²) in [7, 11) is 0. The van der Waals surface area contributed by atoms with Gasteiger partial charge in [0.2, 0.25) is 17.8 Å². The fraction of sp³-hybridized carbons (Fsp3) is 0.533. The number of nitrogens with zero attached hydrogens (tertiary/aromatic N) is 7. The van der Waals surface area contributed by atoms with Gasteiger partial charge in [0.05, 0.1) is 30.9 Å². The number of piperidine rings is 1. The van der Waals surface area contributed by atoms with Crippen molar-refractivity contribution in [3.8, 4) is 5.75 Å². The first-order valence-corrected chi connectivity index (χ1v) is 21.8. The number of ether oxygens (including phenoxy) is 1. The van der Waals surface area contributed by atoms with Gasteiger partial charge >= 0.3 is 0 Å². The number of alkyl halides is 2. The lowest BCUT2D eigenvalue weighted by Gasteiger charge is -2.55. The summed E-state index contributed by atoms with van der Waals surface area (Å²) in [5.41, 5.74) is 6.38. The highest BCUT2D eigenvalue weighted by Gasteiger charge is 2.49. The first kappa shape index (κ1) is 38.7. The first-order valence-electron chi connectivity index (χ1n) is 21.8. The molecule has 1 aliphatic carbocycles. The highest BCUT2D eigenvalue weighted by molar-refractivity contribution is 6.06. The van der Waals surface area contributed by atoms with Crippen LogP contribution in [-0.4, -0.2) is 135 Å². The van der Waals surface area contributed by atoms with Crippen LogP contribution in [0, 0.1) is 5.41 Å². The molecule has 0 radical (unpaired) electrons. The van der Waals surface area contributed by atoms with Crippen LogP contribution in [0.25, 0.3) is 10.9 Å². The van der Waals surface area contributed by atoms with Crippen molar-refractivity contribution in [3.63, 3.8) is 0 Å². The maximum absolute atomic E-state index is 14.8. The van der Waals surface area contributed by atoms with Crippen molar-refractivity contribution in [2.45, 2.75) is 94.5 Å². The number of para-hydroxylation sites is 1. The number of aliphatic hydroxyl groups excluding tert-OH is 1. The topological polar surface area (TPSA) is 150 Å². The van der Waals surface area contributed by atoms with Crippen LogP contribution in [0.2, 0.25) is 0 Å². The van der Waals surface area contributed by atoms with Crippen molar-refractivity contribution in [2.24, 2.45) is 5.41 Å². The van der Waals surface area contributed by atoms with Gasteiger partial charge in [0.25, 0.3) is 11.8 Å². The zero-order chi connectivity index (χ0) is 41.8. The van der Waals surface area contributed by atoms with E-state index in [0.717, 1.165) is 103 Å². The smallest absolute Gasteiger partial charge is 0.283 e. The Balaban J connectivity index is 0.718. The van der Waals surface area contributed by atoms with Crippen LogP contribution in [0.4, 0.5) is 20.4 Å². The van der Waals surface area contributed by atoms with Gasteiger partial charge < -0.3 is 29.5 Å². The number of anilines is 2. The number of aromatic nitrogens is 3. The molecule has 3 amide bonds. The molecule has 4 fully saturated rings. The number of nitrogens with one attached hydrogen (secondary N) is 2. The number of imide groups is 1. The van der Waals surface area contributed by atoms with Crippen LogP contribution in [0.15, 0.2) is 48.8 Å². The number of piperazine rings is 1. The van der Waals surface area contributed by atoms with E-state index in [2.05, 4.69) is 31.1 Å². The summed E-state index contributed by atoms with van der Waals surface area (Å²) in [6.07, 6.45) is 9.29. The molecule has 1 unspecified atom stereocenters. The van der Waals surface area contributed by atoms with Crippen LogP contribution in [0.3, 0.4) is 0 Å². The largest absolute Gasteiger partial charge is 0.489 e. The molecule has 2 aromatic carbocycles. The maximum Gasteiger partial charge on any atom is 0.283 e. The van der Waals surface area contributed by atoms with E-state index in [4.69, 9.17) is 14.7 Å². The van der Waals surface area contributed by atoms with Gasteiger partial charge in [0.1, 0.15) is 25.0 Å². The number of rotatable bonds is 7. The van der Waals surface area contributed by atoms with Crippen molar-refractivity contribution < 1.29 is 33.0 Å². The van der Waals surface area contributed by atoms with E-state index in [9.17, 15) is 28.3 Å². The van der Waals surface area contributed by atoms with Gasteiger partial charge in [0, 0.05) is 102 Å². The Morgan fingerprint density at radius 3 is 2.52 bits per heavy atom. The monoisotopic (exact) mass is 835 g/mol. The molecule has 11 rings (SSSR count). The van der Waals surface area contributed by atoms with Crippen molar-refractivity contribution in [1.29, 1.82) is 0 Å². The molecule has 6 aliphatic heterocycles. The second kappa shape index (κ2) is 14.4. The normalized spacial score (nSPS) is 26.8. The van der Waals surface area contributed by atoms with Crippen LogP contribution in [-0.2, 0) is 22.6 Å². The van der Waals surface area contributed by atoms with Crippen molar-refractivity contribution >= 4 is 40.3 Å². The average Bonchev–Trinajstić information content (AvgIpc) is 3.79. The highest BCUT2D eigenvalue weighted by atomic mass is 19.3. The van der Waals surface area contributed by atoms with E-state index in [1.165, 1.54) is 0 Å². The van der Waals surface area contributed by atoms with Gasteiger partial charge in [0.15, 0.2) is 0 Å². The summed E-state index contributed by atoms with van der Waals surface area (Å²) < 4.78 is 36.0. The molecule has 61 heavy (non-hydrogen) atoms. The molecule has 14 nitrogen and oxygen atoms in total. The number of carbonyl (C=O) groups excluding carboxylic acids is 3. The second-order valence-electron chi connectivity index (χ2n) is 18.6. The molecule has 16 heteroatoms. The predicted octanol–water partition coefficient (Wildman–Crippen LogP) is 4.01. The lowest BCUT2D eigenvalue weighted by atomic mass is 9.67. The Morgan fingerprint density at radius 2 is 1.75 bits per heavy atom. The van der Waals surface area contributed by atoms with Crippen LogP contribution in [0.5, 0.6) is 5.75 Å². The lowest BCUT2D eigenvalue weighted by molar-refractivity contribution is -0.136. The summed E-state index contributed by atoms with van der Waals surface area (Å²) in [4.78, 5) is 61.6. The third kappa shape index (κ3) is 6.46. The van der Waals surface area contributed by atoms with Gasteiger partial charge in [-0.15, -0.1) is 0 Å². The first-order chi connectivity index (χ1) is 29.5. The van der Waals surface area contributed by atoms with E-state index in [-0.39, 0.29) is 35.7 Å². The number of benzene rings is 2. The molecule has 320 valence electrons. The van der Waals surface area contributed by atoms with Crippen LogP contribution < -0.4 is 19.9 Å². The number of carbonyl (C=O) groups is 3. The molecule has 3 saturated heterocycles. The molecule has 0 bridgehead atoms. The zero-order valence-corrected chi connectivity index (χ0v) is 34.3. The highest BCUT2D eigenvalue weighted by Crippen LogP contribution is 2.48. The van der Waals surface area contributed by atoms with E-state index in [0.29, 0.717) is 43.5 Å². The Kier molecular flexibility index (Phi) is 9.17. The average molecular weight is 836 g/mol. The summed E-state index contributed by atoms with van der Waals surface area (Å²) in [5, 5.41) is 13.0. The molecule has 1 spiro atoms. The number of aliphatic hydroxyl groups is 1. The Hall–Kier alpha value is -5.19. The quantitative estimate of drug-likeness (QED) is 0.232.